The Morgan fingerprint density at radius 2 is 2.17 bits per heavy atom. The second kappa shape index (κ2) is 9.40. The number of benzene rings is 1. The molecule has 0 saturated carbocycles. The van der Waals surface area contributed by atoms with Gasteiger partial charge in [0.1, 0.15) is 5.75 Å². The van der Waals surface area contributed by atoms with Gasteiger partial charge < -0.3 is 20.1 Å². The maximum atomic E-state index is 12.2. The molecule has 1 saturated heterocycles. The van der Waals surface area contributed by atoms with Gasteiger partial charge in [-0.1, -0.05) is 25.5 Å². The zero-order valence-corrected chi connectivity index (χ0v) is 14.0. The zero-order valence-electron chi connectivity index (χ0n) is 14.0. The van der Waals surface area contributed by atoms with Gasteiger partial charge in [-0.25, -0.2) is 4.79 Å². The Labute approximate surface area is 138 Å². The smallest absolute Gasteiger partial charge is 0.317 e. The van der Waals surface area contributed by atoms with Crippen LogP contribution < -0.4 is 10.1 Å². The molecule has 0 atom stereocenters. The fourth-order valence-electron chi connectivity index (χ4n) is 2.69. The fourth-order valence-corrected chi connectivity index (χ4v) is 2.69. The van der Waals surface area contributed by atoms with E-state index in [1.165, 1.54) is 0 Å². The van der Waals surface area contributed by atoms with Gasteiger partial charge in [-0.2, -0.15) is 0 Å². The summed E-state index contributed by atoms with van der Waals surface area (Å²) in [5, 5.41) is 12.1. The first kappa shape index (κ1) is 17.6. The molecule has 1 fully saturated rings. The number of nitrogens with one attached hydrogen (secondary N) is 1. The lowest BCUT2D eigenvalue weighted by Gasteiger charge is -2.31. The third-order valence-electron chi connectivity index (χ3n) is 4.27. The number of carbonyl (C=O) groups is 1. The minimum atomic E-state index is -0.0290. The van der Waals surface area contributed by atoms with Crippen molar-refractivity contribution >= 4 is 6.03 Å². The van der Waals surface area contributed by atoms with Crippen LogP contribution >= 0.6 is 0 Å². The van der Waals surface area contributed by atoms with Crippen LogP contribution in [-0.4, -0.2) is 42.3 Å². The number of amides is 2. The molecule has 0 radical (unpaired) electrons. The van der Waals surface area contributed by atoms with Crippen molar-refractivity contribution in [2.45, 2.75) is 39.2 Å². The van der Waals surface area contributed by atoms with Crippen LogP contribution in [-0.2, 0) is 6.54 Å². The number of carbonyl (C=O) groups excluding carboxylic acids is 1. The van der Waals surface area contributed by atoms with Crippen molar-refractivity contribution < 1.29 is 14.6 Å². The maximum Gasteiger partial charge on any atom is 0.317 e. The molecular weight excluding hydrogens is 292 g/mol. The largest absolute Gasteiger partial charge is 0.494 e. The van der Waals surface area contributed by atoms with Gasteiger partial charge in [-0.3, -0.25) is 0 Å². The first-order valence-corrected chi connectivity index (χ1v) is 8.58. The second-order valence-corrected chi connectivity index (χ2v) is 6.12. The summed E-state index contributed by atoms with van der Waals surface area (Å²) in [6.07, 6.45) is 3.92. The number of likely N-dealkylation sites (tertiary alicyclic amines) is 1. The van der Waals surface area contributed by atoms with Gasteiger partial charge >= 0.3 is 6.03 Å². The van der Waals surface area contributed by atoms with Gasteiger partial charge in [0.25, 0.3) is 0 Å². The molecular formula is C18H28N2O3. The summed E-state index contributed by atoms with van der Waals surface area (Å²) in [5.74, 6) is 1.20. The van der Waals surface area contributed by atoms with E-state index in [0.717, 1.165) is 56.7 Å². The van der Waals surface area contributed by atoms with Gasteiger partial charge in [-0.15, -0.1) is 0 Å². The Morgan fingerprint density at radius 3 is 2.87 bits per heavy atom. The Hall–Kier alpha value is -1.75. The number of nitrogens with zero attached hydrogens (tertiary/aromatic N) is 1. The van der Waals surface area contributed by atoms with Crippen LogP contribution in [0.5, 0.6) is 5.75 Å². The topological polar surface area (TPSA) is 61.8 Å². The molecule has 2 rings (SSSR count). The number of aliphatic hydroxyl groups is 1. The number of rotatable bonds is 7. The third-order valence-corrected chi connectivity index (χ3v) is 4.27. The molecule has 5 heteroatoms. The molecule has 0 unspecified atom stereocenters. The van der Waals surface area contributed by atoms with Crippen LogP contribution in [0.2, 0.25) is 0 Å². The van der Waals surface area contributed by atoms with E-state index < -0.39 is 0 Å². The van der Waals surface area contributed by atoms with Gasteiger partial charge in [-0.05, 0) is 42.9 Å². The summed E-state index contributed by atoms with van der Waals surface area (Å²) in [6, 6.07) is 7.84. The monoisotopic (exact) mass is 320 g/mol. The molecule has 1 aliphatic heterocycles. The van der Waals surface area contributed by atoms with Crippen LogP contribution in [0, 0.1) is 5.92 Å². The molecule has 5 nitrogen and oxygen atoms in total. The van der Waals surface area contributed by atoms with Gasteiger partial charge in [0.2, 0.25) is 0 Å². The van der Waals surface area contributed by atoms with E-state index in [9.17, 15) is 4.79 Å². The average Bonchev–Trinajstić information content (AvgIpc) is 2.60. The third kappa shape index (κ3) is 5.75. The highest BCUT2D eigenvalue weighted by Gasteiger charge is 2.21. The van der Waals surface area contributed by atoms with Gasteiger partial charge in [0.15, 0.2) is 0 Å². The Bertz CT molecular complexity index is 485. The first-order chi connectivity index (χ1) is 11.2. The fraction of sp³-hybridized carbons (Fsp3) is 0.611. The first-order valence-electron chi connectivity index (χ1n) is 8.58. The van der Waals surface area contributed by atoms with E-state index >= 15 is 0 Å². The van der Waals surface area contributed by atoms with Crippen molar-refractivity contribution in [3.8, 4) is 5.75 Å². The summed E-state index contributed by atoms with van der Waals surface area (Å²) in [5.41, 5.74) is 1.04. The molecule has 0 aliphatic carbocycles. The second-order valence-electron chi connectivity index (χ2n) is 6.12. The lowest BCUT2D eigenvalue weighted by Crippen LogP contribution is -2.44. The predicted octanol–water partition coefficient (Wildman–Crippen LogP) is 2.78. The highest BCUT2D eigenvalue weighted by Crippen LogP contribution is 2.17. The van der Waals surface area contributed by atoms with E-state index in [-0.39, 0.29) is 12.6 Å². The summed E-state index contributed by atoms with van der Waals surface area (Å²) >= 11 is 0. The van der Waals surface area contributed by atoms with E-state index in [0.29, 0.717) is 12.5 Å². The number of hydrogen-bond acceptors (Lipinski definition) is 3. The normalized spacial score (nSPS) is 15.5. The van der Waals surface area contributed by atoms with Crippen LogP contribution in [0.25, 0.3) is 0 Å². The number of ether oxygens (including phenoxy) is 1. The summed E-state index contributed by atoms with van der Waals surface area (Å²) in [7, 11) is 0. The molecule has 23 heavy (non-hydrogen) atoms. The Balaban J connectivity index is 1.76. The van der Waals surface area contributed by atoms with Crippen molar-refractivity contribution in [1.29, 1.82) is 0 Å². The van der Waals surface area contributed by atoms with E-state index in [1.807, 2.05) is 29.2 Å². The van der Waals surface area contributed by atoms with Gasteiger partial charge in [0.05, 0.1) is 6.61 Å². The molecule has 1 aromatic rings. The molecule has 1 heterocycles. The molecule has 0 aromatic heterocycles. The van der Waals surface area contributed by atoms with Crippen molar-refractivity contribution in [1.82, 2.24) is 10.2 Å². The quantitative estimate of drug-likeness (QED) is 0.759. The number of aliphatic hydroxyl groups excluding tert-OH is 1. The summed E-state index contributed by atoms with van der Waals surface area (Å²) in [4.78, 5) is 14.0. The standard InChI is InChI=1S/C18H28N2O3/c1-2-3-11-23-17-6-4-5-16(12-17)13-19-18(22)20-9-7-15(14-21)8-10-20/h4-6,12,15,21H,2-3,7-11,13-14H2,1H3,(H,19,22). The lowest BCUT2D eigenvalue weighted by atomic mass is 9.98. The molecule has 128 valence electrons. The molecule has 1 aromatic carbocycles. The van der Waals surface area contributed by atoms with Crippen molar-refractivity contribution in [3.63, 3.8) is 0 Å². The van der Waals surface area contributed by atoms with E-state index in [1.54, 1.807) is 0 Å². The number of piperidine rings is 1. The van der Waals surface area contributed by atoms with Crippen molar-refractivity contribution in [2.24, 2.45) is 5.92 Å². The average molecular weight is 320 g/mol. The van der Waals surface area contributed by atoms with Crippen LogP contribution in [0.15, 0.2) is 24.3 Å². The molecule has 2 amide bonds. The van der Waals surface area contributed by atoms with Gasteiger partial charge in [0, 0.05) is 26.2 Å². The molecule has 1 aliphatic rings. The minimum Gasteiger partial charge on any atom is -0.494 e. The predicted molar refractivity (Wildman–Crippen MR) is 90.5 cm³/mol. The molecule has 0 spiro atoms. The molecule has 0 bridgehead atoms. The number of unbranched alkanes of at least 4 members (excludes halogenated alkanes) is 1. The Morgan fingerprint density at radius 1 is 1.39 bits per heavy atom. The van der Waals surface area contributed by atoms with Crippen molar-refractivity contribution in [3.05, 3.63) is 29.8 Å². The molecule has 2 N–H and O–H groups in total. The summed E-state index contributed by atoms with van der Waals surface area (Å²) < 4.78 is 5.69. The minimum absolute atomic E-state index is 0.0290. The summed E-state index contributed by atoms with van der Waals surface area (Å²) in [6.45, 7) is 5.03. The highest BCUT2D eigenvalue weighted by atomic mass is 16.5. The SMILES string of the molecule is CCCCOc1cccc(CNC(=O)N2CCC(CO)CC2)c1. The lowest BCUT2D eigenvalue weighted by molar-refractivity contribution is 0.137. The number of urea groups is 1. The van der Waals surface area contributed by atoms with Crippen molar-refractivity contribution in [2.75, 3.05) is 26.3 Å². The van der Waals surface area contributed by atoms with Crippen LogP contribution in [0.1, 0.15) is 38.2 Å². The Kier molecular flexibility index (Phi) is 7.20. The van der Waals surface area contributed by atoms with E-state index in [2.05, 4.69) is 12.2 Å². The van der Waals surface area contributed by atoms with E-state index in [4.69, 9.17) is 9.84 Å². The van der Waals surface area contributed by atoms with Crippen LogP contribution in [0.3, 0.4) is 0 Å². The maximum absolute atomic E-state index is 12.2. The number of hydrogen-bond donors (Lipinski definition) is 2. The van der Waals surface area contributed by atoms with Crippen LogP contribution in [0.4, 0.5) is 4.79 Å². The zero-order chi connectivity index (χ0) is 16.5. The highest BCUT2D eigenvalue weighted by molar-refractivity contribution is 5.74.